The van der Waals surface area contributed by atoms with Crippen LogP contribution in [0.3, 0.4) is 0 Å². The van der Waals surface area contributed by atoms with Crippen molar-refractivity contribution in [3.8, 4) is 0 Å². The van der Waals surface area contributed by atoms with Gasteiger partial charge in [-0.05, 0) is 24.5 Å². The Balaban J connectivity index is 2.37. The van der Waals surface area contributed by atoms with Gasteiger partial charge in [0.15, 0.2) is 0 Å². The fraction of sp³-hybridized carbons (Fsp3) is 0.375. The number of rotatable bonds is 4. The molecular weight excluding hydrogens is 348 g/mol. The molecule has 2 N–H and O–H groups in total. The standard InChI is InChI=1S/C16H19BrN2O3/c1-9(2)8-22-15(20)13-10(3)18-16(21)19-14(13)11-6-4-5-7-12(11)17/h4-7,9,14H,8H2,1-3H3,(H2,18,19,21). The predicted molar refractivity (Wildman–Crippen MR) is 87.0 cm³/mol. The lowest BCUT2D eigenvalue weighted by Crippen LogP contribution is -2.45. The summed E-state index contributed by atoms with van der Waals surface area (Å²) in [5, 5.41) is 5.41. The second kappa shape index (κ2) is 6.96. The maximum Gasteiger partial charge on any atom is 0.338 e. The molecule has 2 rings (SSSR count). The van der Waals surface area contributed by atoms with Gasteiger partial charge in [0.05, 0.1) is 18.2 Å². The second-order valence-corrected chi connectivity index (χ2v) is 6.44. The van der Waals surface area contributed by atoms with Crippen LogP contribution in [0.25, 0.3) is 0 Å². The first-order chi connectivity index (χ1) is 10.4. The Morgan fingerprint density at radius 3 is 2.68 bits per heavy atom. The summed E-state index contributed by atoms with van der Waals surface area (Å²) < 4.78 is 6.16. The molecule has 1 aromatic carbocycles. The van der Waals surface area contributed by atoms with Crippen LogP contribution >= 0.6 is 15.9 Å². The van der Waals surface area contributed by atoms with Crippen LogP contribution in [0.4, 0.5) is 4.79 Å². The molecule has 1 aliphatic heterocycles. The average Bonchev–Trinajstić information content (AvgIpc) is 2.44. The van der Waals surface area contributed by atoms with E-state index < -0.39 is 12.0 Å². The molecule has 0 fully saturated rings. The van der Waals surface area contributed by atoms with E-state index in [1.807, 2.05) is 38.1 Å². The third kappa shape index (κ3) is 3.68. The van der Waals surface area contributed by atoms with Crippen LogP contribution in [-0.4, -0.2) is 18.6 Å². The SMILES string of the molecule is CC1=C(C(=O)OCC(C)C)C(c2ccccc2Br)NC(=O)N1. The third-order valence-corrected chi connectivity index (χ3v) is 3.98. The van der Waals surface area contributed by atoms with E-state index in [9.17, 15) is 9.59 Å². The number of allylic oxidation sites excluding steroid dienone is 1. The molecule has 1 unspecified atom stereocenters. The summed E-state index contributed by atoms with van der Waals surface area (Å²) in [4.78, 5) is 24.2. The largest absolute Gasteiger partial charge is 0.462 e. The highest BCUT2D eigenvalue weighted by molar-refractivity contribution is 9.10. The Kier molecular flexibility index (Phi) is 5.24. The van der Waals surface area contributed by atoms with Crippen LogP contribution in [0.2, 0.25) is 0 Å². The molecule has 6 heteroatoms. The number of ether oxygens (including phenoxy) is 1. The van der Waals surface area contributed by atoms with Crippen molar-refractivity contribution in [3.05, 3.63) is 45.6 Å². The van der Waals surface area contributed by atoms with Crippen LogP contribution in [0.15, 0.2) is 40.0 Å². The van der Waals surface area contributed by atoms with Gasteiger partial charge in [-0.1, -0.05) is 48.0 Å². The molecule has 0 aliphatic carbocycles. The molecule has 0 aromatic heterocycles. The lowest BCUT2D eigenvalue weighted by Gasteiger charge is -2.28. The van der Waals surface area contributed by atoms with Crippen molar-refractivity contribution in [1.82, 2.24) is 10.6 Å². The summed E-state index contributed by atoms with van der Waals surface area (Å²) in [6, 6.07) is 6.60. The first-order valence-corrected chi connectivity index (χ1v) is 7.89. The Bertz CT molecular complexity index is 626. The summed E-state index contributed by atoms with van der Waals surface area (Å²) in [5.41, 5.74) is 1.75. The third-order valence-electron chi connectivity index (χ3n) is 3.25. The van der Waals surface area contributed by atoms with Crippen LogP contribution < -0.4 is 10.6 Å². The number of hydrogen-bond donors (Lipinski definition) is 2. The van der Waals surface area contributed by atoms with Crippen LogP contribution in [-0.2, 0) is 9.53 Å². The minimum Gasteiger partial charge on any atom is -0.462 e. The van der Waals surface area contributed by atoms with Crippen molar-refractivity contribution in [2.45, 2.75) is 26.8 Å². The van der Waals surface area contributed by atoms with Crippen molar-refractivity contribution < 1.29 is 14.3 Å². The van der Waals surface area contributed by atoms with Gasteiger partial charge < -0.3 is 15.4 Å². The molecule has 2 amide bonds. The molecule has 0 saturated carbocycles. The number of nitrogens with one attached hydrogen (secondary N) is 2. The number of carbonyl (C=O) groups excluding carboxylic acids is 2. The maximum atomic E-state index is 12.4. The molecule has 1 aliphatic rings. The van der Waals surface area contributed by atoms with Gasteiger partial charge in [0.25, 0.3) is 0 Å². The summed E-state index contributed by atoms with van der Waals surface area (Å²) in [6.07, 6.45) is 0. The second-order valence-electron chi connectivity index (χ2n) is 5.58. The molecule has 1 aromatic rings. The van der Waals surface area contributed by atoms with E-state index in [1.165, 1.54) is 0 Å². The smallest absolute Gasteiger partial charge is 0.338 e. The van der Waals surface area contributed by atoms with Gasteiger partial charge in [0, 0.05) is 10.2 Å². The molecule has 22 heavy (non-hydrogen) atoms. The summed E-state index contributed by atoms with van der Waals surface area (Å²) >= 11 is 3.46. The van der Waals surface area contributed by atoms with Gasteiger partial charge in [-0.25, -0.2) is 9.59 Å². The van der Waals surface area contributed by atoms with E-state index in [0.29, 0.717) is 17.9 Å². The normalized spacial score (nSPS) is 18.0. The predicted octanol–water partition coefficient (Wildman–Crippen LogP) is 3.28. The van der Waals surface area contributed by atoms with Crippen molar-refractivity contribution in [2.24, 2.45) is 5.92 Å². The number of amides is 2. The number of esters is 1. The minimum absolute atomic E-state index is 0.248. The fourth-order valence-corrected chi connectivity index (χ4v) is 2.74. The number of hydrogen-bond acceptors (Lipinski definition) is 3. The van der Waals surface area contributed by atoms with E-state index >= 15 is 0 Å². The Morgan fingerprint density at radius 1 is 1.36 bits per heavy atom. The highest BCUT2D eigenvalue weighted by Crippen LogP contribution is 2.32. The van der Waals surface area contributed by atoms with Crippen molar-refractivity contribution in [1.29, 1.82) is 0 Å². The highest BCUT2D eigenvalue weighted by Gasteiger charge is 2.33. The lowest BCUT2D eigenvalue weighted by atomic mass is 9.95. The van der Waals surface area contributed by atoms with Crippen molar-refractivity contribution in [2.75, 3.05) is 6.61 Å². The number of urea groups is 1. The molecule has 0 saturated heterocycles. The zero-order chi connectivity index (χ0) is 16.3. The lowest BCUT2D eigenvalue weighted by molar-refractivity contribution is -0.140. The topological polar surface area (TPSA) is 67.4 Å². The first-order valence-electron chi connectivity index (χ1n) is 7.10. The summed E-state index contributed by atoms with van der Waals surface area (Å²) in [6.45, 7) is 5.99. The minimum atomic E-state index is -0.538. The number of benzene rings is 1. The van der Waals surface area contributed by atoms with Crippen LogP contribution in [0, 0.1) is 5.92 Å². The van der Waals surface area contributed by atoms with E-state index in [0.717, 1.165) is 10.0 Å². The quantitative estimate of drug-likeness (QED) is 0.803. The first kappa shape index (κ1) is 16.5. The molecule has 0 bridgehead atoms. The van der Waals surface area contributed by atoms with Gasteiger partial charge in [-0.2, -0.15) is 0 Å². The molecule has 118 valence electrons. The summed E-state index contributed by atoms with van der Waals surface area (Å²) in [7, 11) is 0. The van der Waals surface area contributed by atoms with Crippen LogP contribution in [0.5, 0.6) is 0 Å². The zero-order valence-electron chi connectivity index (χ0n) is 12.8. The van der Waals surface area contributed by atoms with E-state index in [4.69, 9.17) is 4.74 Å². The Morgan fingerprint density at radius 2 is 2.05 bits per heavy atom. The van der Waals surface area contributed by atoms with Crippen molar-refractivity contribution >= 4 is 27.9 Å². The maximum absolute atomic E-state index is 12.4. The molecule has 5 nitrogen and oxygen atoms in total. The zero-order valence-corrected chi connectivity index (χ0v) is 14.4. The Hall–Kier alpha value is -1.82. The molecular formula is C16H19BrN2O3. The highest BCUT2D eigenvalue weighted by atomic mass is 79.9. The van der Waals surface area contributed by atoms with Gasteiger partial charge in [-0.15, -0.1) is 0 Å². The monoisotopic (exact) mass is 366 g/mol. The van der Waals surface area contributed by atoms with E-state index in [1.54, 1.807) is 6.92 Å². The van der Waals surface area contributed by atoms with E-state index in [-0.39, 0.29) is 11.9 Å². The molecule has 1 atom stereocenters. The fourth-order valence-electron chi connectivity index (χ4n) is 2.23. The average molecular weight is 367 g/mol. The van der Waals surface area contributed by atoms with E-state index in [2.05, 4.69) is 26.6 Å². The van der Waals surface area contributed by atoms with Crippen molar-refractivity contribution in [3.63, 3.8) is 0 Å². The van der Waals surface area contributed by atoms with Crippen LogP contribution in [0.1, 0.15) is 32.4 Å². The van der Waals surface area contributed by atoms with Gasteiger partial charge in [-0.3, -0.25) is 0 Å². The molecule has 0 spiro atoms. The van der Waals surface area contributed by atoms with Gasteiger partial charge >= 0.3 is 12.0 Å². The Labute approximate surface area is 138 Å². The van der Waals surface area contributed by atoms with Gasteiger partial charge in [0.1, 0.15) is 0 Å². The molecule has 0 radical (unpaired) electrons. The molecule has 1 heterocycles. The number of halogens is 1. The van der Waals surface area contributed by atoms with Gasteiger partial charge in [0.2, 0.25) is 0 Å². The number of carbonyl (C=O) groups is 2. The summed E-state index contributed by atoms with van der Waals surface area (Å²) in [5.74, 6) is -0.169.